The molecule has 17 heavy (non-hydrogen) atoms. The number of rotatable bonds is 5. The summed E-state index contributed by atoms with van der Waals surface area (Å²) in [6.07, 6.45) is 0.748. The maximum atomic E-state index is 10.8. The van der Waals surface area contributed by atoms with Gasteiger partial charge in [-0.2, -0.15) is 0 Å². The SMILES string of the molecule is C[NH2+]CCc1nc2ccccc2n1CC(=O)[O-]. The topological polar surface area (TPSA) is 74.6 Å². The summed E-state index contributed by atoms with van der Waals surface area (Å²) < 4.78 is 1.72. The molecule has 90 valence electrons. The van der Waals surface area contributed by atoms with Gasteiger partial charge in [-0.1, -0.05) is 12.1 Å². The lowest BCUT2D eigenvalue weighted by atomic mass is 10.3. The Labute approximate surface area is 99.1 Å². The first-order valence-corrected chi connectivity index (χ1v) is 5.64. The summed E-state index contributed by atoms with van der Waals surface area (Å²) in [5.41, 5.74) is 1.68. The molecule has 2 rings (SSSR count). The van der Waals surface area contributed by atoms with Crippen LogP contribution in [0.2, 0.25) is 0 Å². The molecular weight excluding hydrogens is 218 g/mol. The number of quaternary nitrogens is 1. The second-order valence-corrected chi connectivity index (χ2v) is 3.92. The highest BCUT2D eigenvalue weighted by atomic mass is 16.4. The van der Waals surface area contributed by atoms with Crippen LogP contribution >= 0.6 is 0 Å². The molecule has 0 atom stereocenters. The van der Waals surface area contributed by atoms with E-state index in [4.69, 9.17) is 0 Å². The fraction of sp³-hybridized carbons (Fsp3) is 0.333. The lowest BCUT2D eigenvalue weighted by Gasteiger charge is -2.08. The molecule has 1 heterocycles. The van der Waals surface area contributed by atoms with Crippen molar-refractivity contribution in [3.05, 3.63) is 30.1 Å². The monoisotopic (exact) mass is 233 g/mol. The summed E-state index contributed by atoms with van der Waals surface area (Å²) in [6, 6.07) is 7.55. The van der Waals surface area contributed by atoms with Crippen LogP contribution in [0.3, 0.4) is 0 Å². The molecule has 0 aliphatic carbocycles. The van der Waals surface area contributed by atoms with Gasteiger partial charge in [0.15, 0.2) is 0 Å². The van der Waals surface area contributed by atoms with Crippen molar-refractivity contribution in [2.24, 2.45) is 0 Å². The predicted molar refractivity (Wildman–Crippen MR) is 61.2 cm³/mol. The van der Waals surface area contributed by atoms with Crippen molar-refractivity contribution in [1.82, 2.24) is 9.55 Å². The minimum atomic E-state index is -1.09. The molecule has 2 aromatic rings. The second-order valence-electron chi connectivity index (χ2n) is 3.92. The number of fused-ring (bicyclic) bond motifs is 1. The van der Waals surface area contributed by atoms with Crippen molar-refractivity contribution >= 4 is 17.0 Å². The number of nitrogens with two attached hydrogens (primary N) is 1. The van der Waals surface area contributed by atoms with E-state index >= 15 is 0 Å². The Kier molecular flexibility index (Phi) is 3.39. The van der Waals surface area contributed by atoms with Gasteiger partial charge in [0, 0.05) is 0 Å². The number of hydrogen-bond acceptors (Lipinski definition) is 3. The van der Waals surface area contributed by atoms with Crippen LogP contribution in [0, 0.1) is 0 Å². The summed E-state index contributed by atoms with van der Waals surface area (Å²) in [5.74, 6) is -0.289. The third-order valence-corrected chi connectivity index (χ3v) is 2.68. The van der Waals surface area contributed by atoms with Crippen LogP contribution in [0.4, 0.5) is 0 Å². The van der Waals surface area contributed by atoms with Crippen LogP contribution in [-0.2, 0) is 17.8 Å². The Morgan fingerprint density at radius 2 is 2.24 bits per heavy atom. The van der Waals surface area contributed by atoms with Crippen molar-refractivity contribution in [3.8, 4) is 0 Å². The third-order valence-electron chi connectivity index (χ3n) is 2.68. The van der Waals surface area contributed by atoms with Gasteiger partial charge >= 0.3 is 0 Å². The molecular formula is C12H15N3O2. The number of aromatic nitrogens is 2. The van der Waals surface area contributed by atoms with Crippen molar-refractivity contribution in [1.29, 1.82) is 0 Å². The van der Waals surface area contributed by atoms with Crippen LogP contribution in [0.15, 0.2) is 24.3 Å². The molecule has 0 unspecified atom stereocenters. The summed E-state index contributed by atoms with van der Waals surface area (Å²) in [4.78, 5) is 15.2. The Balaban J connectivity index is 2.44. The average Bonchev–Trinajstić information content (AvgIpc) is 2.64. The highest BCUT2D eigenvalue weighted by Crippen LogP contribution is 2.15. The second kappa shape index (κ2) is 4.97. The van der Waals surface area contributed by atoms with Gasteiger partial charge in [0.25, 0.3) is 0 Å². The van der Waals surface area contributed by atoms with Gasteiger partial charge < -0.3 is 19.8 Å². The first kappa shape index (κ1) is 11.6. The summed E-state index contributed by atoms with van der Waals surface area (Å²) >= 11 is 0. The standard InChI is InChI=1S/C12H15N3O2/c1-13-7-6-11-14-9-4-2-3-5-10(9)15(11)8-12(16)17/h2-5,13H,6-8H2,1H3,(H,16,17). The van der Waals surface area contributed by atoms with E-state index in [1.165, 1.54) is 0 Å². The van der Waals surface area contributed by atoms with E-state index in [1.54, 1.807) is 4.57 Å². The summed E-state index contributed by atoms with van der Waals surface area (Å²) in [6.45, 7) is 0.746. The minimum absolute atomic E-state index is 0.139. The maximum absolute atomic E-state index is 10.8. The van der Waals surface area contributed by atoms with E-state index < -0.39 is 5.97 Å². The number of hydrogen-bond donors (Lipinski definition) is 1. The number of imidazole rings is 1. The zero-order valence-corrected chi connectivity index (χ0v) is 9.72. The average molecular weight is 233 g/mol. The van der Waals surface area contributed by atoms with Crippen LogP contribution in [0.5, 0.6) is 0 Å². The molecule has 0 radical (unpaired) electrons. The Morgan fingerprint density at radius 1 is 1.47 bits per heavy atom. The third kappa shape index (κ3) is 2.45. The van der Waals surface area contributed by atoms with Crippen molar-refractivity contribution in [2.45, 2.75) is 13.0 Å². The largest absolute Gasteiger partial charge is 0.548 e. The van der Waals surface area contributed by atoms with E-state index in [0.717, 1.165) is 29.8 Å². The zero-order valence-electron chi connectivity index (χ0n) is 9.72. The molecule has 0 aliphatic heterocycles. The molecule has 0 bridgehead atoms. The molecule has 0 amide bonds. The number of benzene rings is 1. The zero-order chi connectivity index (χ0) is 12.3. The Bertz CT molecular complexity index is 534. The van der Waals surface area contributed by atoms with Crippen LogP contribution in [-0.4, -0.2) is 29.1 Å². The molecule has 5 nitrogen and oxygen atoms in total. The minimum Gasteiger partial charge on any atom is -0.548 e. The fourth-order valence-electron chi connectivity index (χ4n) is 1.90. The first-order chi connectivity index (χ1) is 8.22. The van der Waals surface area contributed by atoms with Crippen LogP contribution < -0.4 is 10.4 Å². The van der Waals surface area contributed by atoms with Crippen LogP contribution in [0.25, 0.3) is 11.0 Å². The van der Waals surface area contributed by atoms with E-state index in [-0.39, 0.29) is 6.54 Å². The summed E-state index contributed by atoms with van der Waals surface area (Å²) in [7, 11) is 1.98. The van der Waals surface area contributed by atoms with Crippen molar-refractivity contribution in [2.75, 3.05) is 13.6 Å². The van der Waals surface area contributed by atoms with Gasteiger partial charge in [0.1, 0.15) is 5.82 Å². The molecule has 1 aromatic heterocycles. The molecule has 1 aromatic carbocycles. The van der Waals surface area contributed by atoms with Gasteiger partial charge in [0.2, 0.25) is 0 Å². The number of carboxylic acids is 1. The molecule has 0 spiro atoms. The van der Waals surface area contributed by atoms with Crippen LogP contribution in [0.1, 0.15) is 5.82 Å². The molecule has 0 fully saturated rings. The highest BCUT2D eigenvalue weighted by Gasteiger charge is 2.10. The van der Waals surface area contributed by atoms with Gasteiger partial charge in [-0.25, -0.2) is 4.98 Å². The van der Waals surface area contributed by atoms with E-state index in [2.05, 4.69) is 4.98 Å². The first-order valence-electron chi connectivity index (χ1n) is 5.64. The normalized spacial score (nSPS) is 10.9. The summed E-state index contributed by atoms with van der Waals surface area (Å²) in [5, 5.41) is 12.8. The van der Waals surface area contributed by atoms with Gasteiger partial charge in [-0.05, 0) is 12.1 Å². The Morgan fingerprint density at radius 3 is 2.94 bits per heavy atom. The Hall–Kier alpha value is -1.88. The van der Waals surface area contributed by atoms with Gasteiger partial charge in [0.05, 0.1) is 43.6 Å². The van der Waals surface area contributed by atoms with Gasteiger partial charge in [-0.3, -0.25) is 0 Å². The number of carbonyl (C=O) groups excluding carboxylic acids is 1. The van der Waals surface area contributed by atoms with Crippen molar-refractivity contribution in [3.63, 3.8) is 0 Å². The number of carbonyl (C=O) groups is 1. The quantitative estimate of drug-likeness (QED) is 0.684. The molecule has 0 saturated carbocycles. The predicted octanol–water partition coefficient (Wildman–Crippen LogP) is -1.48. The van der Waals surface area contributed by atoms with E-state index in [1.807, 2.05) is 36.6 Å². The molecule has 5 heteroatoms. The maximum Gasteiger partial charge on any atom is 0.115 e. The van der Waals surface area contributed by atoms with Gasteiger partial charge in [-0.15, -0.1) is 0 Å². The molecule has 0 saturated heterocycles. The number of para-hydroxylation sites is 2. The number of likely N-dealkylation sites (N-methyl/N-ethyl adjacent to an activating group) is 1. The number of nitrogens with zero attached hydrogens (tertiary/aromatic N) is 2. The smallest absolute Gasteiger partial charge is 0.115 e. The van der Waals surface area contributed by atoms with E-state index in [0.29, 0.717) is 0 Å². The highest BCUT2D eigenvalue weighted by molar-refractivity contribution is 5.78. The lowest BCUT2D eigenvalue weighted by Crippen LogP contribution is -2.80. The van der Waals surface area contributed by atoms with E-state index in [9.17, 15) is 9.90 Å². The number of aliphatic carboxylic acids is 1. The lowest BCUT2D eigenvalue weighted by molar-refractivity contribution is -0.626. The number of carboxylic acid groups (broad SMARTS) is 1. The fourth-order valence-corrected chi connectivity index (χ4v) is 1.90. The molecule has 2 N–H and O–H groups in total. The molecule has 0 aliphatic rings. The van der Waals surface area contributed by atoms with Crippen molar-refractivity contribution < 1.29 is 15.2 Å².